The van der Waals surface area contributed by atoms with E-state index in [0.29, 0.717) is 12.3 Å². The minimum Gasteiger partial charge on any atom is -0.396 e. The summed E-state index contributed by atoms with van der Waals surface area (Å²) in [5.74, 6) is 0.839. The van der Waals surface area contributed by atoms with Gasteiger partial charge in [0.05, 0.1) is 5.60 Å². The molecule has 0 amide bonds. The molecule has 0 aromatic heterocycles. The number of ketones is 1. The van der Waals surface area contributed by atoms with Crippen LogP contribution in [-0.2, 0) is 4.79 Å². The summed E-state index contributed by atoms with van der Waals surface area (Å²) in [4.78, 5) is 12.2. The lowest BCUT2D eigenvalue weighted by molar-refractivity contribution is -0.117. The van der Waals surface area contributed by atoms with Crippen LogP contribution in [0.5, 0.6) is 0 Å². The molecule has 0 bridgehead atoms. The summed E-state index contributed by atoms with van der Waals surface area (Å²) in [5.41, 5.74) is -0.543. The molecule has 0 spiro atoms. The Labute approximate surface area is 171 Å². The Balaban J connectivity index is 1.81. The second kappa shape index (κ2) is 12.4. The molecule has 28 heavy (non-hydrogen) atoms. The summed E-state index contributed by atoms with van der Waals surface area (Å²) >= 11 is 0. The summed E-state index contributed by atoms with van der Waals surface area (Å²) in [6.45, 7) is 2.46. The predicted molar refractivity (Wildman–Crippen MR) is 116 cm³/mol. The number of rotatable bonds is 15. The molecule has 3 nitrogen and oxygen atoms in total. The number of allylic oxidation sites excluding steroid dienone is 5. The fourth-order valence-corrected chi connectivity index (χ4v) is 4.24. The van der Waals surface area contributed by atoms with Crippen LogP contribution in [0.4, 0.5) is 0 Å². The molecule has 0 heterocycles. The van der Waals surface area contributed by atoms with Crippen molar-refractivity contribution in [3.63, 3.8) is 0 Å². The Morgan fingerprint density at radius 2 is 1.93 bits per heavy atom. The monoisotopic (exact) mass is 388 g/mol. The van der Waals surface area contributed by atoms with Gasteiger partial charge in [-0.05, 0) is 63.4 Å². The smallest absolute Gasteiger partial charge is 0.159 e. The van der Waals surface area contributed by atoms with Crippen LogP contribution >= 0.6 is 0 Å². The van der Waals surface area contributed by atoms with Crippen molar-refractivity contribution in [2.24, 2.45) is 17.8 Å². The highest BCUT2D eigenvalue weighted by Crippen LogP contribution is 2.44. The number of hydrogen-bond donors (Lipinski definition) is 2. The van der Waals surface area contributed by atoms with Gasteiger partial charge < -0.3 is 10.2 Å². The maximum Gasteiger partial charge on any atom is 0.159 e. The van der Waals surface area contributed by atoms with E-state index in [2.05, 4.69) is 31.2 Å². The van der Waals surface area contributed by atoms with Gasteiger partial charge in [0.2, 0.25) is 0 Å². The number of carbonyl (C=O) groups excluding carboxylic acids is 1. The molecule has 158 valence electrons. The van der Waals surface area contributed by atoms with Gasteiger partial charge in [-0.2, -0.15) is 0 Å². The normalized spacial score (nSPS) is 24.6. The third-order valence-corrected chi connectivity index (χ3v) is 6.28. The third-order valence-electron chi connectivity index (χ3n) is 6.28. The number of aliphatic hydroxyl groups excluding tert-OH is 1. The van der Waals surface area contributed by atoms with Crippen LogP contribution in [-0.4, -0.2) is 28.2 Å². The quantitative estimate of drug-likeness (QED) is 0.287. The Kier molecular flexibility index (Phi) is 10.2. The van der Waals surface area contributed by atoms with E-state index in [0.717, 1.165) is 51.4 Å². The zero-order chi connectivity index (χ0) is 20.2. The molecule has 1 fully saturated rings. The molecule has 2 rings (SSSR count). The zero-order valence-electron chi connectivity index (χ0n) is 17.7. The van der Waals surface area contributed by atoms with E-state index in [9.17, 15) is 9.90 Å². The lowest BCUT2D eigenvalue weighted by Gasteiger charge is -2.27. The number of unbranched alkanes of at least 4 members (excludes halogenated alkanes) is 5. The van der Waals surface area contributed by atoms with Crippen molar-refractivity contribution in [1.29, 1.82) is 0 Å². The average Bonchev–Trinajstić information content (AvgIpc) is 3.49. The highest BCUT2D eigenvalue weighted by atomic mass is 16.3. The van der Waals surface area contributed by atoms with E-state index in [4.69, 9.17) is 5.11 Å². The van der Waals surface area contributed by atoms with Crippen molar-refractivity contribution < 1.29 is 15.0 Å². The van der Waals surface area contributed by atoms with Crippen molar-refractivity contribution in [3.05, 3.63) is 36.5 Å². The predicted octanol–water partition coefficient (Wildman–Crippen LogP) is 5.52. The first kappa shape index (κ1) is 23.1. The van der Waals surface area contributed by atoms with Crippen molar-refractivity contribution in [1.82, 2.24) is 0 Å². The summed E-state index contributed by atoms with van der Waals surface area (Å²) in [6, 6.07) is 0. The molecular weight excluding hydrogens is 348 g/mol. The second-order valence-corrected chi connectivity index (χ2v) is 8.69. The van der Waals surface area contributed by atoms with Crippen LogP contribution in [0.15, 0.2) is 36.5 Å². The van der Waals surface area contributed by atoms with Crippen LogP contribution in [0.25, 0.3) is 0 Å². The van der Waals surface area contributed by atoms with Crippen LogP contribution < -0.4 is 0 Å². The van der Waals surface area contributed by atoms with Gasteiger partial charge in [-0.3, -0.25) is 4.79 Å². The summed E-state index contributed by atoms with van der Waals surface area (Å²) < 4.78 is 0. The Morgan fingerprint density at radius 1 is 1.11 bits per heavy atom. The maximum absolute atomic E-state index is 12.2. The molecule has 3 atom stereocenters. The standard InChI is InChI=1S/C25H40O3/c1-2-3-4-9-18-25(28,22-15-16-22)19-11-12-21-14-17-24(27)23(21)13-8-6-5-7-10-20-26/h6,8,11-12,14,17,21-23,26,28H,2-5,7,9-10,13,15-16,18-20H2,1H3/t21-,23+,25?/m0/s1. The Bertz CT molecular complexity index is 544. The van der Waals surface area contributed by atoms with E-state index >= 15 is 0 Å². The van der Waals surface area contributed by atoms with E-state index in [1.165, 1.54) is 19.3 Å². The van der Waals surface area contributed by atoms with Crippen molar-refractivity contribution in [3.8, 4) is 0 Å². The summed E-state index contributed by atoms with van der Waals surface area (Å²) in [5, 5.41) is 19.9. The van der Waals surface area contributed by atoms with Gasteiger partial charge in [0.1, 0.15) is 0 Å². The first-order chi connectivity index (χ1) is 13.6. The topological polar surface area (TPSA) is 57.5 Å². The van der Waals surface area contributed by atoms with Gasteiger partial charge in [0, 0.05) is 18.4 Å². The second-order valence-electron chi connectivity index (χ2n) is 8.69. The van der Waals surface area contributed by atoms with Crippen molar-refractivity contribution >= 4 is 5.78 Å². The number of aliphatic hydroxyl groups is 2. The summed E-state index contributed by atoms with van der Waals surface area (Å²) in [6.07, 6.45) is 24.5. The third kappa shape index (κ3) is 7.67. The number of hydrogen-bond acceptors (Lipinski definition) is 3. The van der Waals surface area contributed by atoms with Gasteiger partial charge in [0.15, 0.2) is 5.78 Å². The average molecular weight is 389 g/mol. The Morgan fingerprint density at radius 3 is 2.64 bits per heavy atom. The largest absolute Gasteiger partial charge is 0.396 e. The van der Waals surface area contributed by atoms with E-state index in [1.54, 1.807) is 6.08 Å². The minimum absolute atomic E-state index is 0.00362. The van der Waals surface area contributed by atoms with Crippen LogP contribution in [0, 0.1) is 17.8 Å². The van der Waals surface area contributed by atoms with Crippen LogP contribution in [0.3, 0.4) is 0 Å². The molecule has 2 N–H and O–H groups in total. The zero-order valence-corrected chi connectivity index (χ0v) is 17.7. The highest BCUT2D eigenvalue weighted by Gasteiger charge is 2.42. The first-order valence-corrected chi connectivity index (χ1v) is 11.5. The molecule has 1 unspecified atom stereocenters. The molecule has 3 heteroatoms. The van der Waals surface area contributed by atoms with Gasteiger partial charge in [0.25, 0.3) is 0 Å². The molecular formula is C25H40O3. The van der Waals surface area contributed by atoms with Crippen molar-refractivity contribution in [2.75, 3.05) is 6.61 Å². The first-order valence-electron chi connectivity index (χ1n) is 11.5. The van der Waals surface area contributed by atoms with E-state index < -0.39 is 5.60 Å². The van der Waals surface area contributed by atoms with Crippen molar-refractivity contribution in [2.45, 2.75) is 89.6 Å². The fraction of sp³-hybridized carbons (Fsp3) is 0.720. The minimum atomic E-state index is -0.543. The maximum atomic E-state index is 12.2. The van der Waals surface area contributed by atoms with E-state index in [-0.39, 0.29) is 24.2 Å². The molecule has 0 aliphatic heterocycles. The molecule has 0 aromatic rings. The van der Waals surface area contributed by atoms with Gasteiger partial charge in [-0.15, -0.1) is 0 Å². The molecule has 1 saturated carbocycles. The van der Waals surface area contributed by atoms with E-state index in [1.807, 2.05) is 6.08 Å². The Hall–Kier alpha value is -1.19. The lowest BCUT2D eigenvalue weighted by atomic mass is 9.86. The molecule has 0 radical (unpaired) electrons. The number of carbonyl (C=O) groups is 1. The van der Waals surface area contributed by atoms with Gasteiger partial charge in [-0.1, -0.05) is 63.0 Å². The van der Waals surface area contributed by atoms with Crippen LogP contribution in [0.2, 0.25) is 0 Å². The van der Waals surface area contributed by atoms with Crippen LogP contribution in [0.1, 0.15) is 84.0 Å². The van der Waals surface area contributed by atoms with Gasteiger partial charge >= 0.3 is 0 Å². The SMILES string of the molecule is CCCCCCC(O)(CC=C[C@H]1C=CC(=O)[C@@H]1CC=CCCCCO)C1CC1. The molecule has 2 aliphatic rings. The highest BCUT2D eigenvalue weighted by molar-refractivity contribution is 5.95. The fourth-order valence-electron chi connectivity index (χ4n) is 4.24. The molecule has 2 aliphatic carbocycles. The van der Waals surface area contributed by atoms with Gasteiger partial charge in [-0.25, -0.2) is 0 Å². The molecule has 0 saturated heterocycles. The molecule has 0 aromatic carbocycles. The summed E-state index contributed by atoms with van der Waals surface area (Å²) in [7, 11) is 0. The lowest BCUT2D eigenvalue weighted by Crippen LogP contribution is -2.30.